The lowest BCUT2D eigenvalue weighted by Crippen LogP contribution is -2.32. The summed E-state index contributed by atoms with van der Waals surface area (Å²) in [7, 11) is 1.49. The molecule has 2 aromatic heterocycles. The number of methoxy groups -OCH3 is 1. The molecule has 0 fully saturated rings. The van der Waals surface area contributed by atoms with E-state index in [1.165, 1.54) is 24.7 Å². The van der Waals surface area contributed by atoms with E-state index in [-0.39, 0.29) is 18.0 Å². The number of fused-ring (bicyclic) bond motifs is 1. The Hall–Kier alpha value is -4.49. The zero-order valence-electron chi connectivity index (χ0n) is 21.5. The predicted molar refractivity (Wildman–Crippen MR) is 152 cm³/mol. The van der Waals surface area contributed by atoms with Crippen molar-refractivity contribution in [3.05, 3.63) is 117 Å². The Bertz CT molecular complexity index is 1740. The van der Waals surface area contributed by atoms with Crippen molar-refractivity contribution in [3.63, 3.8) is 0 Å². The van der Waals surface area contributed by atoms with E-state index < -0.39 is 11.6 Å². The average molecular weight is 540 g/mol. The summed E-state index contributed by atoms with van der Waals surface area (Å²) in [5.74, 6) is 0.0603. The van der Waals surface area contributed by atoms with Gasteiger partial charge in [0.2, 0.25) is 0 Å². The van der Waals surface area contributed by atoms with E-state index in [1.807, 2.05) is 48.5 Å². The number of hydrogen-bond acceptors (Lipinski definition) is 5. The third-order valence-electron chi connectivity index (χ3n) is 6.76. The van der Waals surface area contributed by atoms with E-state index in [9.17, 15) is 14.4 Å². The maximum atomic E-state index is 13.8. The van der Waals surface area contributed by atoms with Crippen LogP contribution in [-0.4, -0.2) is 33.2 Å². The van der Waals surface area contributed by atoms with Crippen LogP contribution in [0, 0.1) is 0 Å². The van der Waals surface area contributed by atoms with E-state index >= 15 is 0 Å². The molecular weight excluding hydrogens is 514 g/mol. The van der Waals surface area contributed by atoms with Crippen LogP contribution in [0.4, 0.5) is 0 Å². The summed E-state index contributed by atoms with van der Waals surface area (Å²) in [6.45, 7) is 1.45. The van der Waals surface area contributed by atoms with Gasteiger partial charge in [0.15, 0.2) is 11.6 Å². The summed E-state index contributed by atoms with van der Waals surface area (Å²) in [6, 6.07) is 20.7. The minimum atomic E-state index is -0.785. The van der Waals surface area contributed by atoms with Crippen molar-refractivity contribution >= 4 is 34.2 Å². The molecule has 0 aliphatic rings. The lowest BCUT2D eigenvalue weighted by atomic mass is 9.95. The number of H-pyrrole nitrogens is 1. The predicted octanol–water partition coefficient (Wildman–Crippen LogP) is 5.85. The van der Waals surface area contributed by atoms with Crippen molar-refractivity contribution < 1.29 is 14.3 Å². The molecule has 5 rings (SSSR count). The summed E-state index contributed by atoms with van der Waals surface area (Å²) in [4.78, 5) is 47.0. The molecule has 2 heterocycles. The number of benzene rings is 3. The number of rotatable bonds is 9. The molecule has 0 aliphatic heterocycles. The van der Waals surface area contributed by atoms with Crippen LogP contribution < -0.4 is 10.3 Å². The average Bonchev–Trinajstić information content (AvgIpc) is 3.40. The number of aromatic amines is 1. The van der Waals surface area contributed by atoms with Crippen LogP contribution in [0.3, 0.4) is 0 Å². The summed E-state index contributed by atoms with van der Waals surface area (Å²) < 4.78 is 7.09. The normalized spacial score (nSPS) is 11.9. The Kier molecular flexibility index (Phi) is 7.43. The Balaban J connectivity index is 1.59. The van der Waals surface area contributed by atoms with Crippen molar-refractivity contribution in [1.29, 1.82) is 0 Å². The molecule has 1 unspecified atom stereocenters. The van der Waals surface area contributed by atoms with Crippen LogP contribution in [0.15, 0.2) is 90.1 Å². The number of halogens is 1. The quantitative estimate of drug-likeness (QED) is 0.237. The first-order chi connectivity index (χ1) is 18.8. The topological polar surface area (TPSA) is 94.1 Å². The third kappa shape index (κ3) is 5.54. The molecule has 5 aromatic rings. The van der Waals surface area contributed by atoms with Crippen LogP contribution in [0.2, 0.25) is 5.02 Å². The van der Waals surface area contributed by atoms with Gasteiger partial charge in [-0.05, 0) is 53.9 Å². The minimum Gasteiger partial charge on any atom is -0.495 e. The Morgan fingerprint density at radius 2 is 1.79 bits per heavy atom. The van der Waals surface area contributed by atoms with Crippen molar-refractivity contribution in [3.8, 4) is 16.9 Å². The fourth-order valence-electron chi connectivity index (χ4n) is 4.81. The van der Waals surface area contributed by atoms with Crippen molar-refractivity contribution in [2.45, 2.75) is 25.8 Å². The van der Waals surface area contributed by atoms with Gasteiger partial charge in [-0.15, -0.1) is 0 Å². The highest BCUT2D eigenvalue weighted by Gasteiger charge is 2.25. The van der Waals surface area contributed by atoms with Gasteiger partial charge in [-0.2, -0.15) is 0 Å². The fourth-order valence-corrected chi connectivity index (χ4v) is 4.98. The SMILES string of the molecule is COc1cn(C(Cc2ccccc2)C(=O)Cc2ccc3nc[nH]c3c2)c(=O)cc1-c1cc(Cl)ccc1C(C)=O. The van der Waals surface area contributed by atoms with Gasteiger partial charge in [-0.25, -0.2) is 4.98 Å². The number of aromatic nitrogens is 3. The van der Waals surface area contributed by atoms with Gasteiger partial charge in [-0.3, -0.25) is 14.4 Å². The number of Topliss-reactive ketones (excluding diaryl/α,β-unsaturated/α-hetero) is 2. The van der Waals surface area contributed by atoms with E-state index in [0.29, 0.717) is 33.9 Å². The zero-order chi connectivity index (χ0) is 27.5. The molecule has 3 aromatic carbocycles. The number of nitrogens with zero attached hydrogens (tertiary/aromatic N) is 2. The van der Waals surface area contributed by atoms with Crippen molar-refractivity contribution in [1.82, 2.24) is 14.5 Å². The van der Waals surface area contributed by atoms with Gasteiger partial charge in [0.25, 0.3) is 5.56 Å². The standard InChI is InChI=1S/C31H26ClN3O4/c1-19(36)23-10-9-22(32)15-24(23)25-16-31(38)35(17-30(25)39-2)28(13-20-6-4-3-5-7-20)29(37)14-21-8-11-26-27(12-21)34-18-33-26/h3-12,15-18,28H,13-14H2,1-2H3,(H,33,34). The molecule has 0 amide bonds. The summed E-state index contributed by atoms with van der Waals surface area (Å²) in [5.41, 5.74) is 4.34. The number of ketones is 2. The maximum absolute atomic E-state index is 13.8. The molecule has 1 N–H and O–H groups in total. The molecule has 0 bridgehead atoms. The number of hydrogen-bond donors (Lipinski definition) is 1. The van der Waals surface area contributed by atoms with Crippen LogP contribution in [0.25, 0.3) is 22.2 Å². The molecule has 8 heteroatoms. The lowest BCUT2D eigenvalue weighted by Gasteiger charge is -2.21. The summed E-state index contributed by atoms with van der Waals surface area (Å²) in [5, 5.41) is 0.424. The van der Waals surface area contributed by atoms with Crippen LogP contribution in [0.5, 0.6) is 5.75 Å². The number of imidazole rings is 1. The molecule has 0 saturated heterocycles. The maximum Gasteiger partial charge on any atom is 0.252 e. The fraction of sp³-hybridized carbons (Fsp3) is 0.161. The third-order valence-corrected chi connectivity index (χ3v) is 6.99. The van der Waals surface area contributed by atoms with Crippen molar-refractivity contribution in [2.75, 3.05) is 7.11 Å². The Morgan fingerprint density at radius 3 is 2.54 bits per heavy atom. The summed E-state index contributed by atoms with van der Waals surface area (Å²) in [6.07, 6.45) is 3.61. The highest BCUT2D eigenvalue weighted by atomic mass is 35.5. The number of carbonyl (C=O) groups excluding carboxylic acids is 2. The number of ether oxygens (including phenoxy) is 1. The molecule has 7 nitrogen and oxygen atoms in total. The highest BCUT2D eigenvalue weighted by molar-refractivity contribution is 6.31. The van der Waals surface area contributed by atoms with Crippen LogP contribution in [0.1, 0.15) is 34.5 Å². The van der Waals surface area contributed by atoms with E-state index in [0.717, 1.165) is 22.2 Å². The molecule has 0 spiro atoms. The van der Waals surface area contributed by atoms with Gasteiger partial charge in [0.05, 0.1) is 36.7 Å². The number of carbonyl (C=O) groups is 2. The van der Waals surface area contributed by atoms with E-state index in [2.05, 4.69) is 9.97 Å². The molecule has 0 saturated carbocycles. The second kappa shape index (κ2) is 11.1. The first-order valence-electron chi connectivity index (χ1n) is 12.4. The zero-order valence-corrected chi connectivity index (χ0v) is 22.2. The smallest absolute Gasteiger partial charge is 0.252 e. The monoisotopic (exact) mass is 539 g/mol. The number of pyridine rings is 1. The van der Waals surface area contributed by atoms with Gasteiger partial charge in [0, 0.05) is 35.1 Å². The first kappa shape index (κ1) is 26.1. The lowest BCUT2D eigenvalue weighted by molar-refractivity contribution is -0.121. The molecule has 1 atom stereocenters. The van der Waals surface area contributed by atoms with E-state index in [4.69, 9.17) is 16.3 Å². The van der Waals surface area contributed by atoms with Gasteiger partial charge in [-0.1, -0.05) is 48.0 Å². The van der Waals surface area contributed by atoms with Crippen LogP contribution >= 0.6 is 11.6 Å². The summed E-state index contributed by atoms with van der Waals surface area (Å²) >= 11 is 6.24. The molecule has 196 valence electrons. The number of nitrogens with one attached hydrogen (secondary N) is 1. The minimum absolute atomic E-state index is 0.123. The molecule has 0 aliphatic carbocycles. The molecular formula is C31H26ClN3O4. The van der Waals surface area contributed by atoms with Crippen LogP contribution in [-0.2, 0) is 17.6 Å². The van der Waals surface area contributed by atoms with Gasteiger partial charge >= 0.3 is 0 Å². The first-order valence-corrected chi connectivity index (χ1v) is 12.8. The Labute approximate surface area is 230 Å². The largest absolute Gasteiger partial charge is 0.495 e. The van der Waals surface area contributed by atoms with Gasteiger partial charge in [0.1, 0.15) is 5.75 Å². The second-order valence-corrected chi connectivity index (χ2v) is 9.79. The van der Waals surface area contributed by atoms with E-state index in [1.54, 1.807) is 30.7 Å². The van der Waals surface area contributed by atoms with Gasteiger partial charge < -0.3 is 14.3 Å². The van der Waals surface area contributed by atoms with Crippen molar-refractivity contribution in [2.24, 2.45) is 0 Å². The Morgan fingerprint density at radius 1 is 1.00 bits per heavy atom. The molecule has 0 radical (unpaired) electrons. The molecule has 39 heavy (non-hydrogen) atoms. The second-order valence-electron chi connectivity index (χ2n) is 9.35. The highest BCUT2D eigenvalue weighted by Crippen LogP contribution is 2.34.